The Bertz CT molecular complexity index is 195. The molecule has 6 heteroatoms. The maximum Gasteiger partial charge on any atom is 0.320 e. The second-order valence-electron chi connectivity index (χ2n) is 4.15. The molecule has 0 aromatic rings. The van der Waals surface area contributed by atoms with Crippen LogP contribution in [0, 0.1) is 0 Å². The molecule has 0 unspecified atom stereocenters. The van der Waals surface area contributed by atoms with Crippen LogP contribution in [0.1, 0.15) is 26.7 Å². The molecule has 4 nitrogen and oxygen atoms in total. The average molecular weight is 273 g/mol. The van der Waals surface area contributed by atoms with E-state index in [1.54, 1.807) is 0 Å². The van der Waals surface area contributed by atoms with Gasteiger partial charge in [0.05, 0.1) is 12.6 Å². The van der Waals surface area contributed by atoms with Gasteiger partial charge in [-0.05, 0) is 26.7 Å². The molecule has 0 bridgehead atoms. The molecule has 1 saturated heterocycles. The highest BCUT2D eigenvalue weighted by molar-refractivity contribution is 5.85. The van der Waals surface area contributed by atoms with Gasteiger partial charge in [0.1, 0.15) is 0 Å². The topological polar surface area (TPSA) is 55.6 Å². The molecule has 0 radical (unpaired) electrons. The van der Waals surface area contributed by atoms with Gasteiger partial charge in [-0.25, -0.2) is 0 Å². The van der Waals surface area contributed by atoms with E-state index in [0.29, 0.717) is 12.6 Å². The number of nitrogens with zero attached hydrogens (tertiary/aromatic N) is 1. The first kappa shape index (κ1) is 18.3. The van der Waals surface area contributed by atoms with Gasteiger partial charge in [0.15, 0.2) is 0 Å². The Labute approximate surface area is 110 Å². The van der Waals surface area contributed by atoms with Crippen molar-refractivity contribution >= 4 is 30.8 Å². The number of esters is 1. The number of carbonyl (C=O) groups is 1. The molecule has 16 heavy (non-hydrogen) atoms. The molecular weight excluding hydrogens is 251 g/mol. The Morgan fingerprint density at radius 1 is 1.38 bits per heavy atom. The summed E-state index contributed by atoms with van der Waals surface area (Å²) in [4.78, 5) is 13.4. The third-order valence-electron chi connectivity index (χ3n) is 2.35. The number of ether oxygens (including phenoxy) is 1. The number of carbonyl (C=O) groups excluding carboxylic acids is 1. The van der Waals surface area contributed by atoms with Crippen LogP contribution in [0.3, 0.4) is 0 Å². The van der Waals surface area contributed by atoms with Crippen molar-refractivity contribution in [3.8, 4) is 0 Å². The molecule has 0 aromatic heterocycles. The van der Waals surface area contributed by atoms with Crippen molar-refractivity contribution in [2.24, 2.45) is 5.73 Å². The van der Waals surface area contributed by atoms with E-state index >= 15 is 0 Å². The molecule has 1 aliphatic rings. The van der Waals surface area contributed by atoms with Crippen LogP contribution in [0.25, 0.3) is 0 Å². The second-order valence-corrected chi connectivity index (χ2v) is 4.15. The summed E-state index contributed by atoms with van der Waals surface area (Å²) < 4.78 is 5.07. The molecule has 1 aliphatic heterocycles. The fraction of sp³-hybridized carbons (Fsp3) is 0.900. The summed E-state index contributed by atoms with van der Waals surface area (Å²) >= 11 is 0. The Morgan fingerprint density at radius 2 is 1.88 bits per heavy atom. The minimum absolute atomic E-state index is 0. The molecule has 0 spiro atoms. The van der Waals surface area contributed by atoms with Crippen molar-refractivity contribution in [2.45, 2.75) is 38.8 Å². The zero-order valence-electron chi connectivity index (χ0n) is 9.85. The number of nitrogens with two attached hydrogens (primary N) is 1. The van der Waals surface area contributed by atoms with E-state index in [9.17, 15) is 4.79 Å². The predicted molar refractivity (Wildman–Crippen MR) is 69.4 cm³/mol. The SMILES string of the molecule is CC(C)OC(=O)CN1CCC(N)CC1.Cl.Cl. The minimum Gasteiger partial charge on any atom is -0.462 e. The van der Waals surface area contributed by atoms with Gasteiger partial charge in [-0.1, -0.05) is 0 Å². The Hall–Kier alpha value is -0.0300. The first-order valence-corrected chi connectivity index (χ1v) is 5.25. The Balaban J connectivity index is 0. The van der Waals surface area contributed by atoms with Crippen molar-refractivity contribution in [1.29, 1.82) is 0 Å². The lowest BCUT2D eigenvalue weighted by Gasteiger charge is -2.29. The van der Waals surface area contributed by atoms with Gasteiger partial charge in [-0.2, -0.15) is 0 Å². The lowest BCUT2D eigenvalue weighted by atomic mass is 10.1. The second kappa shape index (κ2) is 9.05. The van der Waals surface area contributed by atoms with Crippen molar-refractivity contribution in [1.82, 2.24) is 4.90 Å². The predicted octanol–water partition coefficient (Wildman–Crippen LogP) is 1.20. The summed E-state index contributed by atoms with van der Waals surface area (Å²) in [5.74, 6) is -0.129. The standard InChI is InChI=1S/C10H20N2O2.2ClH/c1-8(2)14-10(13)7-12-5-3-9(11)4-6-12;;/h8-9H,3-7,11H2,1-2H3;2*1H. The third-order valence-corrected chi connectivity index (χ3v) is 2.35. The van der Waals surface area contributed by atoms with E-state index in [1.807, 2.05) is 13.8 Å². The molecule has 1 fully saturated rings. The Morgan fingerprint density at radius 3 is 2.31 bits per heavy atom. The summed E-state index contributed by atoms with van der Waals surface area (Å²) in [6.45, 7) is 5.96. The van der Waals surface area contributed by atoms with Gasteiger partial charge in [0.2, 0.25) is 0 Å². The van der Waals surface area contributed by atoms with E-state index in [2.05, 4.69) is 4.90 Å². The van der Waals surface area contributed by atoms with Crippen molar-refractivity contribution in [2.75, 3.05) is 19.6 Å². The fourth-order valence-electron chi connectivity index (χ4n) is 1.59. The van der Waals surface area contributed by atoms with E-state index in [-0.39, 0.29) is 36.9 Å². The highest BCUT2D eigenvalue weighted by Gasteiger charge is 2.18. The molecule has 1 rings (SSSR count). The van der Waals surface area contributed by atoms with Crippen LogP contribution < -0.4 is 5.73 Å². The molecular formula is C10H22Cl2N2O2. The monoisotopic (exact) mass is 272 g/mol. The highest BCUT2D eigenvalue weighted by atomic mass is 35.5. The van der Waals surface area contributed by atoms with Gasteiger partial charge in [0.25, 0.3) is 0 Å². The normalized spacial score (nSPS) is 17.5. The largest absolute Gasteiger partial charge is 0.462 e. The van der Waals surface area contributed by atoms with Crippen LogP contribution in [0.2, 0.25) is 0 Å². The quantitative estimate of drug-likeness (QED) is 0.785. The zero-order chi connectivity index (χ0) is 10.6. The number of halogens is 2. The van der Waals surface area contributed by atoms with Gasteiger partial charge < -0.3 is 10.5 Å². The number of hydrogen-bond acceptors (Lipinski definition) is 4. The summed E-state index contributed by atoms with van der Waals surface area (Å²) in [6.07, 6.45) is 1.94. The lowest BCUT2D eigenvalue weighted by molar-refractivity contribution is -0.148. The molecule has 1 heterocycles. The van der Waals surface area contributed by atoms with Crippen LogP contribution in [0.4, 0.5) is 0 Å². The zero-order valence-corrected chi connectivity index (χ0v) is 11.5. The summed E-state index contributed by atoms with van der Waals surface area (Å²) in [7, 11) is 0. The number of piperidine rings is 1. The molecule has 0 amide bonds. The molecule has 0 saturated carbocycles. The van der Waals surface area contributed by atoms with Crippen molar-refractivity contribution in [3.63, 3.8) is 0 Å². The van der Waals surface area contributed by atoms with Gasteiger partial charge in [0, 0.05) is 19.1 Å². The van der Waals surface area contributed by atoms with Crippen LogP contribution >= 0.6 is 24.8 Å². The van der Waals surface area contributed by atoms with Crippen LogP contribution in [0.15, 0.2) is 0 Å². The van der Waals surface area contributed by atoms with Crippen LogP contribution in [-0.2, 0) is 9.53 Å². The van der Waals surface area contributed by atoms with Gasteiger partial charge in [-0.15, -0.1) is 24.8 Å². The molecule has 98 valence electrons. The van der Waals surface area contributed by atoms with Crippen molar-refractivity contribution in [3.05, 3.63) is 0 Å². The van der Waals surface area contributed by atoms with E-state index in [1.165, 1.54) is 0 Å². The Kier molecular flexibility index (Phi) is 10.4. The fourth-order valence-corrected chi connectivity index (χ4v) is 1.59. The smallest absolute Gasteiger partial charge is 0.320 e. The van der Waals surface area contributed by atoms with E-state index in [4.69, 9.17) is 10.5 Å². The molecule has 2 N–H and O–H groups in total. The summed E-state index contributed by atoms with van der Waals surface area (Å²) in [5, 5.41) is 0. The first-order valence-electron chi connectivity index (χ1n) is 5.25. The molecule has 0 aliphatic carbocycles. The lowest BCUT2D eigenvalue weighted by Crippen LogP contribution is -2.42. The van der Waals surface area contributed by atoms with Gasteiger partial charge in [-0.3, -0.25) is 9.69 Å². The number of likely N-dealkylation sites (tertiary alicyclic amines) is 1. The summed E-state index contributed by atoms with van der Waals surface area (Å²) in [5.41, 5.74) is 5.77. The maximum atomic E-state index is 11.3. The summed E-state index contributed by atoms with van der Waals surface area (Å²) in [6, 6.07) is 0.312. The van der Waals surface area contributed by atoms with E-state index in [0.717, 1.165) is 25.9 Å². The maximum absolute atomic E-state index is 11.3. The van der Waals surface area contributed by atoms with Crippen LogP contribution in [0.5, 0.6) is 0 Å². The molecule has 0 atom stereocenters. The minimum atomic E-state index is -0.129. The molecule has 0 aromatic carbocycles. The average Bonchev–Trinajstić information content (AvgIpc) is 2.07. The van der Waals surface area contributed by atoms with Crippen LogP contribution in [-0.4, -0.2) is 42.6 Å². The van der Waals surface area contributed by atoms with Gasteiger partial charge >= 0.3 is 5.97 Å². The first-order chi connectivity index (χ1) is 6.58. The van der Waals surface area contributed by atoms with Crippen molar-refractivity contribution < 1.29 is 9.53 Å². The number of rotatable bonds is 3. The van der Waals surface area contributed by atoms with E-state index < -0.39 is 0 Å². The highest BCUT2D eigenvalue weighted by Crippen LogP contribution is 2.07. The third kappa shape index (κ3) is 7.28. The number of hydrogen-bond donors (Lipinski definition) is 1.